The summed E-state index contributed by atoms with van der Waals surface area (Å²) in [6, 6.07) is 11.5. The maximum atomic E-state index is 12.5. The number of ether oxygens (including phenoxy) is 1. The van der Waals surface area contributed by atoms with Gasteiger partial charge >= 0.3 is 0 Å². The van der Waals surface area contributed by atoms with E-state index in [2.05, 4.69) is 30.8 Å². The Kier molecular flexibility index (Phi) is 4.78. The molecule has 0 amide bonds. The molecular weight excluding hydrogens is 408 g/mol. The highest BCUT2D eigenvalue weighted by Crippen LogP contribution is 2.28. The zero-order valence-corrected chi connectivity index (χ0v) is 15.9. The molecule has 0 fully saturated rings. The third kappa shape index (κ3) is 3.67. The first-order valence-electron chi connectivity index (χ1n) is 7.21. The van der Waals surface area contributed by atoms with E-state index in [9.17, 15) is 8.42 Å². The normalized spacial score (nSPS) is 11.3. The summed E-state index contributed by atoms with van der Waals surface area (Å²) in [5.74, 6) is 1.26. The number of halogens is 1. The Labute approximate surface area is 153 Å². The Bertz CT molecular complexity index is 1000. The highest BCUT2D eigenvalue weighted by Gasteiger charge is 2.16. The number of sulfonamides is 1. The molecule has 1 N–H and O–H groups in total. The van der Waals surface area contributed by atoms with E-state index in [-0.39, 0.29) is 4.90 Å². The zero-order chi connectivity index (χ0) is 18.0. The van der Waals surface area contributed by atoms with Crippen LogP contribution in [0.3, 0.4) is 0 Å². The van der Waals surface area contributed by atoms with Crippen LogP contribution in [0.4, 0.5) is 5.69 Å². The SMILES string of the molecule is COc1ccc(S(=O)(=O)Nc2ccc(-c3nncn3C)cc2)cc1Br. The molecule has 0 aliphatic carbocycles. The second-order valence-corrected chi connectivity index (χ2v) is 7.78. The summed E-state index contributed by atoms with van der Waals surface area (Å²) >= 11 is 3.29. The third-order valence-corrected chi connectivity index (χ3v) is 5.54. The van der Waals surface area contributed by atoms with Crippen molar-refractivity contribution in [2.24, 2.45) is 7.05 Å². The number of benzene rings is 2. The molecule has 1 aromatic heterocycles. The van der Waals surface area contributed by atoms with Crippen molar-refractivity contribution in [2.45, 2.75) is 4.90 Å². The van der Waals surface area contributed by atoms with Crippen LogP contribution in [-0.4, -0.2) is 30.3 Å². The molecule has 1 heterocycles. The molecular formula is C16H15BrN4O3S. The van der Waals surface area contributed by atoms with E-state index in [1.165, 1.54) is 19.2 Å². The predicted octanol–water partition coefficient (Wildman–Crippen LogP) is 3.05. The minimum atomic E-state index is -3.70. The van der Waals surface area contributed by atoms with Crippen molar-refractivity contribution in [2.75, 3.05) is 11.8 Å². The van der Waals surface area contributed by atoms with Crippen molar-refractivity contribution in [1.82, 2.24) is 14.8 Å². The molecule has 0 aliphatic rings. The molecule has 0 spiro atoms. The molecule has 0 unspecified atom stereocenters. The molecule has 3 rings (SSSR count). The van der Waals surface area contributed by atoms with Crippen LogP contribution in [0, 0.1) is 0 Å². The highest BCUT2D eigenvalue weighted by atomic mass is 79.9. The van der Waals surface area contributed by atoms with E-state index >= 15 is 0 Å². The number of hydrogen-bond donors (Lipinski definition) is 1. The van der Waals surface area contributed by atoms with Gasteiger partial charge in [-0.2, -0.15) is 0 Å². The van der Waals surface area contributed by atoms with E-state index in [1.54, 1.807) is 41.2 Å². The monoisotopic (exact) mass is 422 g/mol. The molecule has 0 aliphatic heterocycles. The van der Waals surface area contributed by atoms with Gasteiger partial charge in [0.2, 0.25) is 0 Å². The first-order valence-corrected chi connectivity index (χ1v) is 9.49. The van der Waals surface area contributed by atoms with Gasteiger partial charge in [-0.15, -0.1) is 10.2 Å². The smallest absolute Gasteiger partial charge is 0.261 e. The number of aryl methyl sites for hydroxylation is 1. The number of nitrogens with one attached hydrogen (secondary N) is 1. The lowest BCUT2D eigenvalue weighted by Crippen LogP contribution is -2.13. The van der Waals surface area contributed by atoms with Gasteiger partial charge < -0.3 is 9.30 Å². The molecule has 0 saturated heterocycles. The van der Waals surface area contributed by atoms with Crippen molar-refractivity contribution in [1.29, 1.82) is 0 Å². The summed E-state index contributed by atoms with van der Waals surface area (Å²) in [6.07, 6.45) is 1.60. The lowest BCUT2D eigenvalue weighted by atomic mass is 10.2. The molecule has 25 heavy (non-hydrogen) atoms. The van der Waals surface area contributed by atoms with Crippen LogP contribution in [0.15, 0.2) is 58.2 Å². The molecule has 0 bridgehead atoms. The van der Waals surface area contributed by atoms with Gasteiger partial charge in [0.05, 0.1) is 16.5 Å². The summed E-state index contributed by atoms with van der Waals surface area (Å²) in [5.41, 5.74) is 1.30. The first kappa shape index (κ1) is 17.4. The highest BCUT2D eigenvalue weighted by molar-refractivity contribution is 9.10. The van der Waals surface area contributed by atoms with Crippen LogP contribution in [0.25, 0.3) is 11.4 Å². The summed E-state index contributed by atoms with van der Waals surface area (Å²) in [6.45, 7) is 0. The van der Waals surface area contributed by atoms with Gasteiger partial charge in [-0.3, -0.25) is 4.72 Å². The maximum absolute atomic E-state index is 12.5. The van der Waals surface area contributed by atoms with E-state index < -0.39 is 10.0 Å². The zero-order valence-electron chi connectivity index (χ0n) is 13.5. The Morgan fingerprint density at radius 1 is 1.16 bits per heavy atom. The molecule has 130 valence electrons. The number of nitrogens with zero attached hydrogens (tertiary/aromatic N) is 3. The predicted molar refractivity (Wildman–Crippen MR) is 97.9 cm³/mol. The summed E-state index contributed by atoms with van der Waals surface area (Å²) in [7, 11) is -0.345. The fraction of sp³-hybridized carbons (Fsp3) is 0.125. The number of hydrogen-bond acceptors (Lipinski definition) is 5. The van der Waals surface area contributed by atoms with Gasteiger partial charge in [-0.05, 0) is 58.4 Å². The van der Waals surface area contributed by atoms with Crippen LogP contribution in [0.1, 0.15) is 0 Å². The molecule has 3 aromatic rings. The quantitative estimate of drug-likeness (QED) is 0.682. The summed E-state index contributed by atoms with van der Waals surface area (Å²) in [4.78, 5) is 0.137. The van der Waals surface area contributed by atoms with Crippen LogP contribution < -0.4 is 9.46 Å². The topological polar surface area (TPSA) is 86.1 Å². The molecule has 9 heteroatoms. The van der Waals surface area contributed by atoms with Crippen LogP contribution in [-0.2, 0) is 17.1 Å². The van der Waals surface area contributed by atoms with Crippen molar-refractivity contribution >= 4 is 31.6 Å². The van der Waals surface area contributed by atoms with Gasteiger partial charge in [0, 0.05) is 18.3 Å². The lowest BCUT2D eigenvalue weighted by molar-refractivity contribution is 0.411. The summed E-state index contributed by atoms with van der Waals surface area (Å²) < 4.78 is 35.1. The Balaban J connectivity index is 1.84. The fourth-order valence-corrected chi connectivity index (χ4v) is 4.04. The second kappa shape index (κ2) is 6.85. The van der Waals surface area contributed by atoms with Gasteiger partial charge in [0.1, 0.15) is 12.1 Å². The lowest BCUT2D eigenvalue weighted by Gasteiger charge is -2.10. The Morgan fingerprint density at radius 2 is 1.88 bits per heavy atom. The molecule has 7 nitrogen and oxygen atoms in total. The van der Waals surface area contributed by atoms with Crippen molar-refractivity contribution in [3.05, 3.63) is 53.3 Å². The number of aromatic nitrogens is 3. The standard InChI is InChI=1S/C16H15BrN4O3S/c1-21-10-18-19-16(21)11-3-5-12(6-4-11)20-25(22,23)13-7-8-15(24-2)14(17)9-13/h3-10,20H,1-2H3. The average Bonchev–Trinajstić information content (AvgIpc) is 3.01. The fourth-order valence-electron chi connectivity index (χ4n) is 2.26. The van der Waals surface area contributed by atoms with E-state index in [0.29, 0.717) is 21.7 Å². The second-order valence-electron chi connectivity index (χ2n) is 5.24. The minimum absolute atomic E-state index is 0.137. The Morgan fingerprint density at radius 3 is 2.44 bits per heavy atom. The molecule has 0 saturated carbocycles. The molecule has 2 aromatic carbocycles. The van der Waals surface area contributed by atoms with E-state index in [0.717, 1.165) is 5.56 Å². The van der Waals surface area contributed by atoms with E-state index in [4.69, 9.17) is 4.74 Å². The summed E-state index contributed by atoms with van der Waals surface area (Å²) in [5, 5.41) is 7.85. The van der Waals surface area contributed by atoms with Crippen LogP contribution in [0.2, 0.25) is 0 Å². The maximum Gasteiger partial charge on any atom is 0.261 e. The molecule has 0 radical (unpaired) electrons. The average molecular weight is 423 g/mol. The van der Waals surface area contributed by atoms with E-state index in [1.807, 2.05) is 7.05 Å². The van der Waals surface area contributed by atoms with Gasteiger partial charge in [-0.25, -0.2) is 8.42 Å². The number of methoxy groups -OCH3 is 1. The number of anilines is 1. The van der Waals surface area contributed by atoms with Crippen molar-refractivity contribution in [3.63, 3.8) is 0 Å². The molecule has 0 atom stereocenters. The minimum Gasteiger partial charge on any atom is -0.496 e. The number of rotatable bonds is 5. The third-order valence-electron chi connectivity index (χ3n) is 3.54. The van der Waals surface area contributed by atoms with Crippen LogP contribution >= 0.6 is 15.9 Å². The first-order chi connectivity index (χ1) is 11.9. The van der Waals surface area contributed by atoms with Gasteiger partial charge in [-0.1, -0.05) is 0 Å². The van der Waals surface area contributed by atoms with Gasteiger partial charge in [0.25, 0.3) is 10.0 Å². The van der Waals surface area contributed by atoms with Gasteiger partial charge in [0.15, 0.2) is 5.82 Å². The van der Waals surface area contributed by atoms with Crippen molar-refractivity contribution in [3.8, 4) is 17.1 Å². The Hall–Kier alpha value is -2.39. The van der Waals surface area contributed by atoms with Crippen LogP contribution in [0.5, 0.6) is 5.75 Å². The van der Waals surface area contributed by atoms with Crippen molar-refractivity contribution < 1.29 is 13.2 Å². The largest absolute Gasteiger partial charge is 0.496 e.